The molecule has 0 bridgehead atoms. The molecule has 1 aliphatic heterocycles. The summed E-state index contributed by atoms with van der Waals surface area (Å²) < 4.78 is 0. The fourth-order valence-corrected chi connectivity index (χ4v) is 2.25. The Bertz CT molecular complexity index is 188. The molecule has 0 aromatic rings. The first-order valence-corrected chi connectivity index (χ1v) is 5.22. The van der Waals surface area contributed by atoms with Crippen molar-refractivity contribution in [3.8, 4) is 0 Å². The van der Waals surface area contributed by atoms with Gasteiger partial charge < -0.3 is 15.5 Å². The van der Waals surface area contributed by atoms with Crippen molar-refractivity contribution in [3.05, 3.63) is 0 Å². The molecule has 0 radical (unpaired) electrons. The second-order valence-corrected chi connectivity index (χ2v) is 4.15. The molecule has 1 heterocycles. The highest BCUT2D eigenvalue weighted by atomic mass is 16.4. The molecule has 1 fully saturated rings. The number of rotatable bonds is 5. The Hall–Kier alpha value is -0.610. The van der Waals surface area contributed by atoms with Crippen LogP contribution in [0, 0.1) is 5.41 Å². The summed E-state index contributed by atoms with van der Waals surface area (Å²) in [5.41, 5.74) is -0.0696. The molecule has 82 valence electrons. The monoisotopic (exact) mass is 201 g/mol. The van der Waals surface area contributed by atoms with Gasteiger partial charge in [-0.15, -0.1) is 0 Å². The van der Waals surface area contributed by atoms with Crippen molar-refractivity contribution >= 4 is 5.97 Å². The molecule has 0 spiro atoms. The molecule has 1 saturated heterocycles. The fraction of sp³-hybridized carbons (Fsp3) is 0.900. The van der Waals surface area contributed by atoms with E-state index < -0.39 is 5.97 Å². The van der Waals surface area contributed by atoms with Crippen molar-refractivity contribution in [1.29, 1.82) is 0 Å². The average Bonchev–Trinajstić information content (AvgIpc) is 2.15. The van der Waals surface area contributed by atoms with Crippen molar-refractivity contribution in [1.82, 2.24) is 5.32 Å². The Morgan fingerprint density at radius 2 is 2.00 bits per heavy atom. The zero-order valence-electron chi connectivity index (χ0n) is 8.46. The Kier molecular flexibility index (Phi) is 4.35. The summed E-state index contributed by atoms with van der Waals surface area (Å²) in [5, 5.41) is 20.9. The lowest BCUT2D eigenvalue weighted by atomic mass is 9.73. The van der Waals surface area contributed by atoms with Crippen LogP contribution in [-0.4, -0.2) is 35.9 Å². The predicted molar refractivity (Wildman–Crippen MR) is 53.1 cm³/mol. The molecule has 4 nitrogen and oxygen atoms in total. The number of carbonyl (C=O) groups is 1. The summed E-state index contributed by atoms with van der Waals surface area (Å²) in [4.78, 5) is 10.8. The summed E-state index contributed by atoms with van der Waals surface area (Å²) in [7, 11) is 0. The summed E-state index contributed by atoms with van der Waals surface area (Å²) in [5.74, 6) is -0.718. The zero-order chi connectivity index (χ0) is 10.4. The van der Waals surface area contributed by atoms with Crippen molar-refractivity contribution in [3.63, 3.8) is 0 Å². The maximum atomic E-state index is 10.8. The van der Waals surface area contributed by atoms with Crippen LogP contribution in [0.2, 0.25) is 0 Å². The van der Waals surface area contributed by atoms with Crippen molar-refractivity contribution in [2.45, 2.75) is 32.1 Å². The first-order chi connectivity index (χ1) is 6.68. The molecule has 1 rings (SSSR count). The van der Waals surface area contributed by atoms with Crippen LogP contribution in [-0.2, 0) is 4.79 Å². The molecule has 14 heavy (non-hydrogen) atoms. The Morgan fingerprint density at radius 3 is 2.50 bits per heavy atom. The molecule has 0 aliphatic carbocycles. The van der Waals surface area contributed by atoms with E-state index in [9.17, 15) is 4.79 Å². The van der Waals surface area contributed by atoms with Crippen LogP contribution < -0.4 is 5.32 Å². The minimum atomic E-state index is -0.718. The van der Waals surface area contributed by atoms with Gasteiger partial charge in [-0.3, -0.25) is 4.79 Å². The third kappa shape index (κ3) is 3.27. The molecule has 4 heteroatoms. The van der Waals surface area contributed by atoms with Gasteiger partial charge in [0.15, 0.2) is 0 Å². The van der Waals surface area contributed by atoms with E-state index in [1.54, 1.807) is 0 Å². The Morgan fingerprint density at radius 1 is 1.36 bits per heavy atom. The Labute approximate surface area is 84.3 Å². The molecule has 0 aromatic carbocycles. The SMILES string of the molecule is O=C(O)CC1(CCCO)CCNCC1. The van der Waals surface area contributed by atoms with Crippen LogP contribution >= 0.6 is 0 Å². The van der Waals surface area contributed by atoms with Gasteiger partial charge in [0.25, 0.3) is 0 Å². The lowest BCUT2D eigenvalue weighted by molar-refractivity contribution is -0.140. The molecular weight excluding hydrogens is 182 g/mol. The normalized spacial score (nSPS) is 20.6. The van der Waals surface area contributed by atoms with Crippen LogP contribution in [0.5, 0.6) is 0 Å². The summed E-state index contributed by atoms with van der Waals surface area (Å²) in [6, 6.07) is 0. The maximum Gasteiger partial charge on any atom is 0.303 e. The van der Waals surface area contributed by atoms with Gasteiger partial charge in [-0.05, 0) is 44.2 Å². The maximum absolute atomic E-state index is 10.8. The van der Waals surface area contributed by atoms with Crippen molar-refractivity contribution < 1.29 is 15.0 Å². The number of nitrogens with one attached hydrogen (secondary N) is 1. The van der Waals surface area contributed by atoms with Gasteiger partial charge in [-0.2, -0.15) is 0 Å². The number of aliphatic carboxylic acids is 1. The minimum absolute atomic E-state index is 0.0696. The lowest BCUT2D eigenvalue weighted by Crippen LogP contribution is -2.38. The first-order valence-electron chi connectivity index (χ1n) is 5.22. The summed E-state index contributed by atoms with van der Waals surface area (Å²) >= 11 is 0. The molecule has 0 saturated carbocycles. The Balaban J connectivity index is 2.52. The molecule has 3 N–H and O–H groups in total. The highest BCUT2D eigenvalue weighted by Gasteiger charge is 2.33. The second kappa shape index (κ2) is 5.32. The predicted octanol–water partition coefficient (Wildman–Crippen LogP) is 0.603. The molecule has 0 unspecified atom stereocenters. The number of carboxylic acids is 1. The van der Waals surface area contributed by atoms with Gasteiger partial charge in [-0.25, -0.2) is 0 Å². The van der Waals surface area contributed by atoms with Gasteiger partial charge in [0.05, 0.1) is 6.42 Å². The fourth-order valence-electron chi connectivity index (χ4n) is 2.25. The second-order valence-electron chi connectivity index (χ2n) is 4.15. The van der Waals surface area contributed by atoms with E-state index >= 15 is 0 Å². The zero-order valence-corrected chi connectivity index (χ0v) is 8.46. The van der Waals surface area contributed by atoms with E-state index in [1.807, 2.05) is 0 Å². The van der Waals surface area contributed by atoms with Gasteiger partial charge in [-0.1, -0.05) is 0 Å². The van der Waals surface area contributed by atoms with Crippen LogP contribution in [0.1, 0.15) is 32.1 Å². The van der Waals surface area contributed by atoms with Crippen molar-refractivity contribution in [2.75, 3.05) is 19.7 Å². The highest BCUT2D eigenvalue weighted by molar-refractivity contribution is 5.67. The van der Waals surface area contributed by atoms with E-state index in [2.05, 4.69) is 5.32 Å². The lowest BCUT2D eigenvalue weighted by Gasteiger charge is -2.36. The molecule has 0 atom stereocenters. The third-order valence-electron chi connectivity index (χ3n) is 3.06. The van der Waals surface area contributed by atoms with Gasteiger partial charge in [0, 0.05) is 6.61 Å². The van der Waals surface area contributed by atoms with Crippen molar-refractivity contribution in [2.24, 2.45) is 5.41 Å². The molecule has 0 aromatic heterocycles. The number of aliphatic hydroxyl groups excluding tert-OH is 1. The van der Waals surface area contributed by atoms with Crippen LogP contribution in [0.15, 0.2) is 0 Å². The first kappa shape index (κ1) is 11.5. The number of hydrogen-bond acceptors (Lipinski definition) is 3. The number of carboxylic acid groups (broad SMARTS) is 1. The highest BCUT2D eigenvalue weighted by Crippen LogP contribution is 2.37. The largest absolute Gasteiger partial charge is 0.481 e. The van der Waals surface area contributed by atoms with E-state index in [1.165, 1.54) is 0 Å². The van der Waals surface area contributed by atoms with E-state index in [0.29, 0.717) is 6.42 Å². The van der Waals surface area contributed by atoms with Crippen LogP contribution in [0.25, 0.3) is 0 Å². The molecule has 1 aliphatic rings. The standard InChI is InChI=1S/C10H19NO3/c12-7-1-2-10(8-9(13)14)3-5-11-6-4-10/h11-12H,1-8H2,(H,13,14). The smallest absolute Gasteiger partial charge is 0.303 e. The van der Waals surface area contributed by atoms with E-state index in [-0.39, 0.29) is 18.4 Å². The van der Waals surface area contributed by atoms with Gasteiger partial charge >= 0.3 is 5.97 Å². The van der Waals surface area contributed by atoms with Gasteiger partial charge in [0.2, 0.25) is 0 Å². The third-order valence-corrected chi connectivity index (χ3v) is 3.06. The average molecular weight is 201 g/mol. The topological polar surface area (TPSA) is 69.6 Å². The van der Waals surface area contributed by atoms with Crippen LogP contribution in [0.4, 0.5) is 0 Å². The van der Waals surface area contributed by atoms with E-state index in [4.69, 9.17) is 10.2 Å². The quantitative estimate of drug-likeness (QED) is 0.609. The summed E-state index contributed by atoms with van der Waals surface area (Å²) in [6.07, 6.45) is 3.62. The number of piperidine rings is 1. The number of hydrogen-bond donors (Lipinski definition) is 3. The van der Waals surface area contributed by atoms with Crippen LogP contribution in [0.3, 0.4) is 0 Å². The minimum Gasteiger partial charge on any atom is -0.481 e. The molecule has 0 amide bonds. The van der Waals surface area contributed by atoms with Gasteiger partial charge in [0.1, 0.15) is 0 Å². The van der Waals surface area contributed by atoms with E-state index in [0.717, 1.165) is 32.4 Å². The number of aliphatic hydroxyl groups is 1. The molecular formula is C10H19NO3. The summed E-state index contributed by atoms with van der Waals surface area (Å²) in [6.45, 7) is 1.96.